The third kappa shape index (κ3) is 3.99. The minimum atomic E-state index is -0.507. The number of piperidine rings is 1. The molecule has 0 saturated carbocycles. The van der Waals surface area contributed by atoms with Crippen LogP contribution in [0.3, 0.4) is 0 Å². The molecule has 0 radical (unpaired) electrons. The zero-order chi connectivity index (χ0) is 21.1. The van der Waals surface area contributed by atoms with E-state index in [0.29, 0.717) is 16.1 Å². The van der Waals surface area contributed by atoms with E-state index in [9.17, 15) is 14.0 Å². The van der Waals surface area contributed by atoms with Crippen molar-refractivity contribution in [2.75, 3.05) is 12.3 Å². The van der Waals surface area contributed by atoms with E-state index in [1.165, 1.54) is 22.4 Å². The molecule has 7 heteroatoms. The molecule has 1 unspecified atom stereocenters. The number of hydrogen-bond donors (Lipinski definition) is 0. The van der Waals surface area contributed by atoms with Crippen LogP contribution in [0.2, 0.25) is 0 Å². The highest BCUT2D eigenvalue weighted by atomic mass is 32.2. The second-order valence-electron chi connectivity index (χ2n) is 7.44. The predicted molar refractivity (Wildman–Crippen MR) is 118 cm³/mol. The highest BCUT2D eigenvalue weighted by Crippen LogP contribution is 2.25. The van der Waals surface area contributed by atoms with Crippen molar-refractivity contribution in [2.24, 2.45) is 0 Å². The Morgan fingerprint density at radius 2 is 1.93 bits per heavy atom. The van der Waals surface area contributed by atoms with Crippen LogP contribution in [0, 0.1) is 5.82 Å². The van der Waals surface area contributed by atoms with Crippen LogP contribution in [0.15, 0.2) is 58.5 Å². The van der Waals surface area contributed by atoms with E-state index in [0.717, 1.165) is 32.2 Å². The van der Waals surface area contributed by atoms with Gasteiger partial charge in [-0.15, -0.1) is 0 Å². The molecule has 2 heterocycles. The second-order valence-corrected chi connectivity index (χ2v) is 8.38. The number of nitrogens with zero attached hydrogens (tertiary/aromatic N) is 3. The summed E-state index contributed by atoms with van der Waals surface area (Å²) in [4.78, 5) is 32.7. The molecule has 1 atom stereocenters. The van der Waals surface area contributed by atoms with Gasteiger partial charge >= 0.3 is 0 Å². The smallest absolute Gasteiger partial charge is 0.266 e. The molecule has 0 aliphatic carbocycles. The molecule has 5 nitrogen and oxygen atoms in total. The Morgan fingerprint density at radius 1 is 1.17 bits per heavy atom. The van der Waals surface area contributed by atoms with Gasteiger partial charge in [0.1, 0.15) is 5.82 Å². The SMILES string of the molecule is CCC1CCCCN1C(=O)CSc1nc2ccccc2c(=O)n1-c1ccccc1F. The summed E-state index contributed by atoms with van der Waals surface area (Å²) in [6.07, 6.45) is 4.13. The standard InChI is InChI=1S/C23H24FN3O2S/c1-2-16-9-7-8-14-26(16)21(28)15-30-23-25-19-12-5-3-10-17(19)22(29)27(23)20-13-6-4-11-18(20)24/h3-6,10-13,16H,2,7-9,14-15H2,1H3. The van der Waals surface area contributed by atoms with Gasteiger partial charge in [-0.1, -0.05) is 43.0 Å². The van der Waals surface area contributed by atoms with E-state index in [4.69, 9.17) is 0 Å². The number of thioether (sulfide) groups is 1. The van der Waals surface area contributed by atoms with Crippen LogP contribution in [0.25, 0.3) is 16.6 Å². The Bertz CT molecular complexity index is 1130. The molecule has 30 heavy (non-hydrogen) atoms. The maximum atomic E-state index is 14.6. The normalized spacial score (nSPS) is 16.7. The number of benzene rings is 2. The topological polar surface area (TPSA) is 55.2 Å². The fraction of sp³-hybridized carbons (Fsp3) is 0.348. The summed E-state index contributed by atoms with van der Waals surface area (Å²) in [5.74, 6) is -0.309. The minimum absolute atomic E-state index is 0.0361. The quantitative estimate of drug-likeness (QED) is 0.449. The summed E-state index contributed by atoms with van der Waals surface area (Å²) in [6.45, 7) is 2.87. The zero-order valence-electron chi connectivity index (χ0n) is 16.9. The number of rotatable bonds is 5. The third-order valence-corrected chi connectivity index (χ3v) is 6.51. The Hall–Kier alpha value is -2.67. The van der Waals surface area contributed by atoms with Gasteiger partial charge in [0.05, 0.1) is 22.3 Å². The summed E-state index contributed by atoms with van der Waals surface area (Å²) in [7, 11) is 0. The van der Waals surface area contributed by atoms with Crippen molar-refractivity contribution >= 4 is 28.6 Å². The molecule has 0 spiro atoms. The first kappa shape index (κ1) is 20.6. The summed E-state index contributed by atoms with van der Waals surface area (Å²) >= 11 is 1.19. The van der Waals surface area contributed by atoms with Crippen LogP contribution >= 0.6 is 11.8 Å². The van der Waals surface area contributed by atoms with Gasteiger partial charge in [0.15, 0.2) is 5.16 Å². The fourth-order valence-electron chi connectivity index (χ4n) is 4.02. The average molecular weight is 426 g/mol. The van der Waals surface area contributed by atoms with Gasteiger partial charge < -0.3 is 4.90 Å². The summed E-state index contributed by atoms with van der Waals surface area (Å²) in [5, 5.41) is 0.737. The van der Waals surface area contributed by atoms with E-state index >= 15 is 0 Å². The molecule has 2 aromatic carbocycles. The summed E-state index contributed by atoms with van der Waals surface area (Å²) in [5.41, 5.74) is 0.333. The lowest BCUT2D eigenvalue weighted by Gasteiger charge is -2.35. The van der Waals surface area contributed by atoms with Crippen LogP contribution in [0.4, 0.5) is 4.39 Å². The number of likely N-dealkylation sites (tertiary alicyclic amines) is 1. The van der Waals surface area contributed by atoms with Gasteiger partial charge in [-0.05, 0) is 49.9 Å². The lowest BCUT2D eigenvalue weighted by Crippen LogP contribution is -2.44. The Balaban J connectivity index is 1.71. The van der Waals surface area contributed by atoms with Crippen LogP contribution in [0.1, 0.15) is 32.6 Å². The molecule has 3 aromatic rings. The van der Waals surface area contributed by atoms with Crippen molar-refractivity contribution in [3.05, 3.63) is 64.7 Å². The Labute approximate surface area is 178 Å². The van der Waals surface area contributed by atoms with Gasteiger partial charge in [-0.3, -0.25) is 14.2 Å². The lowest BCUT2D eigenvalue weighted by molar-refractivity contribution is -0.132. The monoisotopic (exact) mass is 425 g/mol. The predicted octanol–water partition coefficient (Wildman–Crippen LogP) is 4.41. The van der Waals surface area contributed by atoms with Gasteiger partial charge in [0.25, 0.3) is 5.56 Å². The number of fused-ring (bicyclic) bond motifs is 1. The lowest BCUT2D eigenvalue weighted by atomic mass is 10.0. The average Bonchev–Trinajstić information content (AvgIpc) is 2.78. The number of carbonyl (C=O) groups excluding carboxylic acids is 1. The first-order chi connectivity index (χ1) is 14.6. The van der Waals surface area contributed by atoms with E-state index in [1.54, 1.807) is 42.5 Å². The first-order valence-corrected chi connectivity index (χ1v) is 11.3. The minimum Gasteiger partial charge on any atom is -0.339 e. The zero-order valence-corrected chi connectivity index (χ0v) is 17.7. The molecule has 0 bridgehead atoms. The molecular weight excluding hydrogens is 401 g/mol. The van der Waals surface area contributed by atoms with Crippen molar-refractivity contribution in [2.45, 2.75) is 43.8 Å². The van der Waals surface area contributed by atoms with Crippen molar-refractivity contribution < 1.29 is 9.18 Å². The highest BCUT2D eigenvalue weighted by molar-refractivity contribution is 7.99. The Morgan fingerprint density at radius 3 is 2.73 bits per heavy atom. The number of para-hydroxylation sites is 2. The molecule has 1 fully saturated rings. The van der Waals surface area contributed by atoms with Crippen LogP contribution in [0.5, 0.6) is 0 Å². The number of carbonyl (C=O) groups is 1. The fourth-order valence-corrected chi connectivity index (χ4v) is 4.91. The number of aromatic nitrogens is 2. The number of hydrogen-bond acceptors (Lipinski definition) is 4. The van der Waals surface area contributed by atoms with Crippen LogP contribution in [-0.2, 0) is 4.79 Å². The van der Waals surface area contributed by atoms with E-state index < -0.39 is 5.82 Å². The summed E-state index contributed by atoms with van der Waals surface area (Å²) < 4.78 is 15.8. The van der Waals surface area contributed by atoms with Crippen molar-refractivity contribution in [1.82, 2.24) is 14.5 Å². The third-order valence-electron chi connectivity index (χ3n) is 5.58. The second kappa shape index (κ2) is 9.00. The van der Waals surface area contributed by atoms with Crippen LogP contribution < -0.4 is 5.56 Å². The molecular formula is C23H24FN3O2S. The van der Waals surface area contributed by atoms with Gasteiger partial charge in [-0.25, -0.2) is 9.37 Å². The van der Waals surface area contributed by atoms with Gasteiger partial charge in [0.2, 0.25) is 5.91 Å². The molecule has 1 saturated heterocycles. The molecule has 1 amide bonds. The molecule has 156 valence electrons. The van der Waals surface area contributed by atoms with Gasteiger partial charge in [-0.2, -0.15) is 0 Å². The van der Waals surface area contributed by atoms with E-state index in [2.05, 4.69) is 11.9 Å². The van der Waals surface area contributed by atoms with Crippen molar-refractivity contribution in [3.8, 4) is 5.69 Å². The maximum Gasteiger partial charge on any atom is 0.266 e. The molecule has 1 aliphatic heterocycles. The molecule has 1 aliphatic rings. The van der Waals surface area contributed by atoms with E-state index in [-0.39, 0.29) is 28.9 Å². The van der Waals surface area contributed by atoms with Crippen molar-refractivity contribution in [1.29, 1.82) is 0 Å². The Kier molecular flexibility index (Phi) is 6.18. The van der Waals surface area contributed by atoms with E-state index in [1.807, 2.05) is 4.90 Å². The molecule has 4 rings (SSSR count). The molecule has 0 N–H and O–H groups in total. The maximum absolute atomic E-state index is 14.6. The first-order valence-electron chi connectivity index (χ1n) is 10.3. The highest BCUT2D eigenvalue weighted by Gasteiger charge is 2.26. The number of halogens is 1. The largest absolute Gasteiger partial charge is 0.339 e. The summed E-state index contributed by atoms with van der Waals surface area (Å²) in [6, 6.07) is 13.4. The molecule has 1 aromatic heterocycles. The number of amides is 1. The van der Waals surface area contributed by atoms with Gasteiger partial charge in [0, 0.05) is 12.6 Å². The van der Waals surface area contributed by atoms with Crippen LogP contribution in [-0.4, -0.2) is 38.7 Å². The van der Waals surface area contributed by atoms with Crippen molar-refractivity contribution in [3.63, 3.8) is 0 Å².